The minimum Gasteiger partial charge on any atom is -0.457 e. The summed E-state index contributed by atoms with van der Waals surface area (Å²) in [6.45, 7) is 0. The third kappa shape index (κ3) is 4.55. The van der Waals surface area contributed by atoms with E-state index in [-0.39, 0.29) is 0 Å². The van der Waals surface area contributed by atoms with Crippen LogP contribution in [0.5, 0.6) is 11.5 Å². The van der Waals surface area contributed by atoms with Gasteiger partial charge in [-0.15, -0.1) is 5.11 Å². The molecule has 0 fully saturated rings. The van der Waals surface area contributed by atoms with Gasteiger partial charge in [-0.1, -0.05) is 54.6 Å². The predicted octanol–water partition coefficient (Wildman–Crippen LogP) is 7.63. The van der Waals surface area contributed by atoms with Crippen molar-refractivity contribution in [2.45, 2.75) is 0 Å². The Bertz CT molecular complexity index is 1120. The smallest absolute Gasteiger partial charge is 0.127 e. The molecule has 4 nitrogen and oxygen atoms in total. The van der Waals surface area contributed by atoms with Crippen LogP contribution in [0.4, 0.5) is 17.1 Å². The molecule has 0 aliphatic heterocycles. The minimum absolute atomic E-state index is 0.791. The quantitative estimate of drug-likeness (QED) is 0.316. The SMILES string of the molecule is CN(C)c1cccc(/N=N/c2ccccc2)c1-c1ccc(Oc2ccccc2)cc1. The molecule has 0 saturated heterocycles. The second-order valence-corrected chi connectivity index (χ2v) is 7.04. The maximum atomic E-state index is 5.93. The Morgan fingerprint density at radius 1 is 0.600 bits per heavy atom. The van der Waals surface area contributed by atoms with Gasteiger partial charge >= 0.3 is 0 Å². The predicted molar refractivity (Wildman–Crippen MR) is 123 cm³/mol. The highest BCUT2D eigenvalue weighted by Crippen LogP contribution is 2.39. The number of hydrogen-bond donors (Lipinski definition) is 0. The fourth-order valence-corrected chi connectivity index (χ4v) is 3.20. The van der Waals surface area contributed by atoms with Crippen molar-refractivity contribution in [1.29, 1.82) is 0 Å². The molecule has 30 heavy (non-hydrogen) atoms. The molecule has 0 aliphatic rings. The van der Waals surface area contributed by atoms with Crippen LogP contribution >= 0.6 is 0 Å². The molecule has 0 saturated carbocycles. The minimum atomic E-state index is 0.791. The number of hydrogen-bond acceptors (Lipinski definition) is 4. The van der Waals surface area contributed by atoms with Crippen LogP contribution in [0.25, 0.3) is 11.1 Å². The first-order valence-corrected chi connectivity index (χ1v) is 9.81. The van der Waals surface area contributed by atoms with Crippen molar-refractivity contribution in [3.8, 4) is 22.6 Å². The lowest BCUT2D eigenvalue weighted by molar-refractivity contribution is 0.483. The Morgan fingerprint density at radius 3 is 1.90 bits per heavy atom. The van der Waals surface area contributed by atoms with E-state index in [1.165, 1.54) is 0 Å². The summed E-state index contributed by atoms with van der Waals surface area (Å²) in [4.78, 5) is 2.09. The fourth-order valence-electron chi connectivity index (χ4n) is 3.20. The van der Waals surface area contributed by atoms with Crippen LogP contribution in [0.15, 0.2) is 113 Å². The Hall–Kier alpha value is -3.92. The molecule has 4 aromatic carbocycles. The zero-order chi connectivity index (χ0) is 20.8. The molecule has 4 rings (SSSR count). The van der Waals surface area contributed by atoms with E-state index < -0.39 is 0 Å². The summed E-state index contributed by atoms with van der Waals surface area (Å²) in [7, 11) is 4.06. The van der Waals surface area contributed by atoms with Crippen molar-refractivity contribution in [3.05, 3.63) is 103 Å². The highest BCUT2D eigenvalue weighted by molar-refractivity contribution is 5.87. The zero-order valence-electron chi connectivity index (χ0n) is 17.1. The Kier molecular flexibility index (Phi) is 5.85. The molecule has 0 N–H and O–H groups in total. The summed E-state index contributed by atoms with van der Waals surface area (Å²) < 4.78 is 5.93. The second kappa shape index (κ2) is 9.05. The number of anilines is 1. The van der Waals surface area contributed by atoms with Gasteiger partial charge < -0.3 is 9.64 Å². The Balaban J connectivity index is 1.69. The van der Waals surface area contributed by atoms with Crippen molar-refractivity contribution in [2.75, 3.05) is 19.0 Å². The van der Waals surface area contributed by atoms with E-state index in [0.29, 0.717) is 0 Å². The van der Waals surface area contributed by atoms with E-state index in [1.807, 2.05) is 99.0 Å². The summed E-state index contributed by atoms with van der Waals surface area (Å²) in [5, 5.41) is 8.97. The van der Waals surface area contributed by atoms with Gasteiger partial charge in [0.25, 0.3) is 0 Å². The number of para-hydroxylation sites is 1. The van der Waals surface area contributed by atoms with Crippen LogP contribution in [0.1, 0.15) is 0 Å². The first-order valence-electron chi connectivity index (χ1n) is 9.81. The van der Waals surface area contributed by atoms with Gasteiger partial charge in [-0.3, -0.25) is 0 Å². The molecule has 148 valence electrons. The van der Waals surface area contributed by atoms with Gasteiger partial charge in [0.2, 0.25) is 0 Å². The Morgan fingerprint density at radius 2 is 1.23 bits per heavy atom. The summed E-state index contributed by atoms with van der Waals surface area (Å²) in [6, 6.07) is 33.7. The molecule has 4 heteroatoms. The van der Waals surface area contributed by atoms with Gasteiger partial charge in [0.1, 0.15) is 11.5 Å². The third-order valence-electron chi connectivity index (χ3n) is 4.65. The van der Waals surface area contributed by atoms with Gasteiger partial charge in [0, 0.05) is 25.3 Å². The number of benzene rings is 4. The average molecular weight is 393 g/mol. The molecular weight excluding hydrogens is 370 g/mol. The number of ether oxygens (including phenoxy) is 1. The van der Waals surface area contributed by atoms with Gasteiger partial charge in [0.15, 0.2) is 0 Å². The summed E-state index contributed by atoms with van der Waals surface area (Å²) >= 11 is 0. The van der Waals surface area contributed by atoms with Crippen molar-refractivity contribution in [3.63, 3.8) is 0 Å². The molecule has 0 heterocycles. The molecule has 0 bridgehead atoms. The van der Waals surface area contributed by atoms with E-state index in [9.17, 15) is 0 Å². The molecular formula is C26H23N3O. The third-order valence-corrected chi connectivity index (χ3v) is 4.65. The van der Waals surface area contributed by atoms with Gasteiger partial charge in [0.05, 0.1) is 11.4 Å². The summed E-state index contributed by atoms with van der Waals surface area (Å²) in [6.07, 6.45) is 0. The molecule has 0 amide bonds. The van der Waals surface area contributed by atoms with Gasteiger partial charge in [-0.05, 0) is 54.1 Å². The lowest BCUT2D eigenvalue weighted by atomic mass is 10.0. The van der Waals surface area contributed by atoms with Crippen LogP contribution in [0.3, 0.4) is 0 Å². The summed E-state index contributed by atoms with van der Waals surface area (Å²) in [5.74, 6) is 1.61. The standard InChI is InChI=1S/C26H23N3O/c1-29(2)25-15-9-14-24(28-27-21-10-5-3-6-11-21)26(25)20-16-18-23(19-17-20)30-22-12-7-4-8-13-22/h3-19H,1-2H3/b28-27+. The van der Waals surface area contributed by atoms with Gasteiger partial charge in [-0.2, -0.15) is 5.11 Å². The lowest BCUT2D eigenvalue weighted by Crippen LogP contribution is -2.09. The van der Waals surface area contributed by atoms with Crippen molar-refractivity contribution >= 4 is 17.1 Å². The second-order valence-electron chi connectivity index (χ2n) is 7.04. The molecule has 0 unspecified atom stereocenters. The van der Waals surface area contributed by atoms with E-state index in [4.69, 9.17) is 4.74 Å². The van der Waals surface area contributed by atoms with Crippen LogP contribution in [0, 0.1) is 0 Å². The molecule has 0 aromatic heterocycles. The first-order chi connectivity index (χ1) is 14.7. The van der Waals surface area contributed by atoms with Crippen molar-refractivity contribution < 1.29 is 4.74 Å². The van der Waals surface area contributed by atoms with Crippen LogP contribution in [-0.4, -0.2) is 14.1 Å². The highest BCUT2D eigenvalue weighted by Gasteiger charge is 2.13. The zero-order valence-corrected chi connectivity index (χ0v) is 17.1. The number of nitrogens with zero attached hydrogens (tertiary/aromatic N) is 3. The van der Waals surface area contributed by atoms with E-state index in [2.05, 4.69) is 33.3 Å². The van der Waals surface area contributed by atoms with Crippen LogP contribution in [0.2, 0.25) is 0 Å². The lowest BCUT2D eigenvalue weighted by Gasteiger charge is -2.19. The maximum absolute atomic E-state index is 5.93. The largest absolute Gasteiger partial charge is 0.457 e. The topological polar surface area (TPSA) is 37.2 Å². The molecule has 0 aliphatic carbocycles. The van der Waals surface area contributed by atoms with E-state index >= 15 is 0 Å². The molecule has 4 aromatic rings. The average Bonchev–Trinajstić information content (AvgIpc) is 2.79. The fraction of sp³-hybridized carbons (Fsp3) is 0.0769. The molecule has 0 atom stereocenters. The van der Waals surface area contributed by atoms with Crippen LogP contribution < -0.4 is 9.64 Å². The monoisotopic (exact) mass is 393 g/mol. The normalized spacial score (nSPS) is 10.9. The number of azo groups is 1. The Labute approximate surface area is 177 Å². The highest BCUT2D eigenvalue weighted by atomic mass is 16.5. The van der Waals surface area contributed by atoms with Crippen molar-refractivity contribution in [2.24, 2.45) is 10.2 Å². The molecule has 0 spiro atoms. The first kappa shape index (κ1) is 19.4. The number of rotatable bonds is 6. The molecule has 0 radical (unpaired) electrons. The summed E-state index contributed by atoms with van der Waals surface area (Å²) in [5.41, 5.74) is 4.82. The van der Waals surface area contributed by atoms with E-state index in [1.54, 1.807) is 0 Å². The van der Waals surface area contributed by atoms with Crippen molar-refractivity contribution in [1.82, 2.24) is 0 Å². The van der Waals surface area contributed by atoms with Crippen LogP contribution in [-0.2, 0) is 0 Å². The maximum Gasteiger partial charge on any atom is 0.127 e. The van der Waals surface area contributed by atoms with Gasteiger partial charge in [-0.25, -0.2) is 0 Å². The van der Waals surface area contributed by atoms with E-state index in [0.717, 1.165) is 39.7 Å².